The Morgan fingerprint density at radius 1 is 1.12 bits per heavy atom. The number of allylic oxidation sites excluding steroid dienone is 1. The smallest absolute Gasteiger partial charge is 0.137 e. The molecule has 0 aliphatic rings. The molecule has 0 bridgehead atoms. The third kappa shape index (κ3) is 4.65. The summed E-state index contributed by atoms with van der Waals surface area (Å²) in [7, 11) is 0. The van der Waals surface area contributed by atoms with Crippen molar-refractivity contribution in [3.05, 3.63) is 102 Å². The molecule has 4 aromatic rings. The zero-order valence-electron chi connectivity index (χ0n) is 17.5. The highest BCUT2D eigenvalue weighted by Gasteiger charge is 2.38. The van der Waals surface area contributed by atoms with E-state index >= 15 is 0 Å². The number of hydrogen-bond acceptors (Lipinski definition) is 4. The van der Waals surface area contributed by atoms with Crippen molar-refractivity contribution in [2.75, 3.05) is 0 Å². The molecule has 0 aliphatic carbocycles. The van der Waals surface area contributed by atoms with Crippen molar-refractivity contribution in [1.29, 1.82) is 0 Å². The fourth-order valence-electron chi connectivity index (χ4n) is 3.67. The Labute approximate surface area is 184 Å². The van der Waals surface area contributed by atoms with Crippen molar-refractivity contribution in [1.82, 2.24) is 24.5 Å². The third-order valence-electron chi connectivity index (χ3n) is 5.54. The highest BCUT2D eigenvalue weighted by Crippen LogP contribution is 2.35. The number of aliphatic hydroxyl groups is 1. The fraction of sp³-hybridized carbons (Fsp3) is 0.208. The number of hydrogen-bond donors (Lipinski definition) is 1. The van der Waals surface area contributed by atoms with Gasteiger partial charge in [-0.1, -0.05) is 37.3 Å². The lowest BCUT2D eigenvalue weighted by atomic mass is 9.80. The van der Waals surface area contributed by atoms with Crippen LogP contribution in [0.5, 0.6) is 0 Å². The van der Waals surface area contributed by atoms with Gasteiger partial charge in [-0.15, -0.1) is 0 Å². The second-order valence-corrected chi connectivity index (χ2v) is 7.72. The lowest BCUT2D eigenvalue weighted by Crippen LogP contribution is -2.39. The number of halogens is 2. The first-order valence-corrected chi connectivity index (χ1v) is 10.2. The fourth-order valence-corrected chi connectivity index (χ4v) is 3.67. The molecular weight excluding hydrogens is 412 g/mol. The third-order valence-corrected chi connectivity index (χ3v) is 5.54. The summed E-state index contributed by atoms with van der Waals surface area (Å²) in [6.45, 7) is 1.81. The van der Waals surface area contributed by atoms with Crippen LogP contribution in [0.2, 0.25) is 0 Å². The molecule has 164 valence electrons. The second kappa shape index (κ2) is 9.23. The normalized spacial score (nSPS) is 14.5. The zero-order chi connectivity index (χ0) is 22.6. The molecule has 2 atom stereocenters. The Morgan fingerprint density at radius 2 is 1.94 bits per heavy atom. The molecule has 2 heterocycles. The molecule has 2 aromatic heterocycles. The standard InChI is InChI=1S/C24H23F2N5O/c1-18(4-2-5-19-6-9-21(10-7-19)31-13-3-12-28-31)24(32,15-30-17-27-16-29-30)22-11-8-20(25)14-23(22)26/h2-3,5-14,16-18,32H,4,15H2,1H3/b5-2+/t18-,24+/m0/s1. The predicted molar refractivity (Wildman–Crippen MR) is 117 cm³/mol. The van der Waals surface area contributed by atoms with Gasteiger partial charge in [0.25, 0.3) is 0 Å². The van der Waals surface area contributed by atoms with E-state index in [0.29, 0.717) is 6.42 Å². The quantitative estimate of drug-likeness (QED) is 0.446. The highest BCUT2D eigenvalue weighted by molar-refractivity contribution is 5.51. The molecule has 0 spiro atoms. The van der Waals surface area contributed by atoms with Crippen LogP contribution in [0.3, 0.4) is 0 Å². The Morgan fingerprint density at radius 3 is 2.59 bits per heavy atom. The topological polar surface area (TPSA) is 68.8 Å². The summed E-state index contributed by atoms with van der Waals surface area (Å²) >= 11 is 0. The summed E-state index contributed by atoms with van der Waals surface area (Å²) in [5.74, 6) is -1.88. The molecule has 8 heteroatoms. The number of rotatable bonds is 8. The van der Waals surface area contributed by atoms with E-state index < -0.39 is 23.2 Å². The van der Waals surface area contributed by atoms with Crippen molar-refractivity contribution >= 4 is 6.08 Å². The van der Waals surface area contributed by atoms with Gasteiger partial charge in [-0.05, 0) is 42.2 Å². The summed E-state index contributed by atoms with van der Waals surface area (Å²) < 4.78 is 31.3. The van der Waals surface area contributed by atoms with Gasteiger partial charge in [0.2, 0.25) is 0 Å². The molecule has 32 heavy (non-hydrogen) atoms. The van der Waals surface area contributed by atoms with E-state index in [1.165, 1.54) is 23.4 Å². The number of nitrogens with zero attached hydrogens (tertiary/aromatic N) is 5. The predicted octanol–water partition coefficient (Wildman–Crippen LogP) is 4.37. The van der Waals surface area contributed by atoms with Crippen LogP contribution < -0.4 is 0 Å². The summed E-state index contributed by atoms with van der Waals surface area (Å²) in [6, 6.07) is 12.9. The summed E-state index contributed by atoms with van der Waals surface area (Å²) in [6.07, 6.45) is 10.7. The second-order valence-electron chi connectivity index (χ2n) is 7.72. The Bertz CT molecular complexity index is 1170. The van der Waals surface area contributed by atoms with Gasteiger partial charge in [0.15, 0.2) is 0 Å². The minimum Gasteiger partial charge on any atom is -0.383 e. The van der Waals surface area contributed by atoms with E-state index in [1.807, 2.05) is 55.6 Å². The molecule has 0 saturated heterocycles. The van der Waals surface area contributed by atoms with Crippen molar-refractivity contribution in [3.63, 3.8) is 0 Å². The van der Waals surface area contributed by atoms with Gasteiger partial charge in [-0.3, -0.25) is 0 Å². The maximum atomic E-state index is 14.6. The molecule has 0 fully saturated rings. The molecule has 0 aliphatic heterocycles. The minimum atomic E-state index is -1.61. The molecule has 1 N–H and O–H groups in total. The van der Waals surface area contributed by atoms with Crippen molar-refractivity contribution in [3.8, 4) is 5.69 Å². The summed E-state index contributed by atoms with van der Waals surface area (Å²) in [4.78, 5) is 3.89. The van der Waals surface area contributed by atoms with E-state index in [-0.39, 0.29) is 12.1 Å². The monoisotopic (exact) mass is 435 g/mol. The number of benzene rings is 2. The molecule has 2 aromatic carbocycles. The van der Waals surface area contributed by atoms with Crippen LogP contribution >= 0.6 is 0 Å². The van der Waals surface area contributed by atoms with E-state index in [1.54, 1.807) is 10.9 Å². The van der Waals surface area contributed by atoms with Gasteiger partial charge in [0.05, 0.1) is 12.2 Å². The maximum absolute atomic E-state index is 14.6. The summed E-state index contributed by atoms with van der Waals surface area (Å²) in [5, 5.41) is 19.8. The zero-order valence-corrected chi connectivity index (χ0v) is 17.5. The van der Waals surface area contributed by atoms with E-state index in [4.69, 9.17) is 0 Å². The van der Waals surface area contributed by atoms with Crippen LogP contribution in [0.25, 0.3) is 11.8 Å². The molecular formula is C24H23F2N5O. The van der Waals surface area contributed by atoms with Crippen LogP contribution in [-0.2, 0) is 12.1 Å². The van der Waals surface area contributed by atoms with Crippen molar-refractivity contribution in [2.45, 2.75) is 25.5 Å². The molecule has 4 rings (SSSR count). The first kappa shape index (κ1) is 21.6. The van der Waals surface area contributed by atoms with Crippen molar-refractivity contribution < 1.29 is 13.9 Å². The van der Waals surface area contributed by atoms with Crippen LogP contribution in [0.4, 0.5) is 8.78 Å². The largest absolute Gasteiger partial charge is 0.383 e. The molecule has 0 unspecified atom stereocenters. The van der Waals surface area contributed by atoms with E-state index in [9.17, 15) is 13.9 Å². The molecule has 0 radical (unpaired) electrons. The van der Waals surface area contributed by atoms with Crippen molar-refractivity contribution in [2.24, 2.45) is 5.92 Å². The molecule has 6 nitrogen and oxygen atoms in total. The van der Waals surface area contributed by atoms with Crippen LogP contribution in [0.15, 0.2) is 79.7 Å². The highest BCUT2D eigenvalue weighted by atomic mass is 19.1. The Kier molecular flexibility index (Phi) is 6.23. The number of aromatic nitrogens is 5. The first-order chi connectivity index (χ1) is 15.5. The van der Waals surface area contributed by atoms with Crippen LogP contribution in [0.1, 0.15) is 24.5 Å². The minimum absolute atomic E-state index is 0.0108. The SMILES string of the molecule is C[C@@H](C/C=C/c1ccc(-n2cccn2)cc1)[C@](O)(Cn1cncn1)c1ccc(F)cc1F. The van der Waals surface area contributed by atoms with Gasteiger partial charge < -0.3 is 5.11 Å². The average Bonchev–Trinajstić information content (AvgIpc) is 3.48. The van der Waals surface area contributed by atoms with E-state index in [0.717, 1.165) is 23.4 Å². The van der Waals surface area contributed by atoms with Gasteiger partial charge >= 0.3 is 0 Å². The summed E-state index contributed by atoms with van der Waals surface area (Å²) in [5.41, 5.74) is 0.356. The lowest BCUT2D eigenvalue weighted by Gasteiger charge is -2.34. The molecule has 0 amide bonds. The first-order valence-electron chi connectivity index (χ1n) is 10.2. The van der Waals surface area contributed by atoms with E-state index in [2.05, 4.69) is 15.2 Å². The Hall–Kier alpha value is -3.65. The van der Waals surface area contributed by atoms with Gasteiger partial charge in [-0.25, -0.2) is 23.1 Å². The van der Waals surface area contributed by atoms with Gasteiger partial charge in [0, 0.05) is 24.0 Å². The average molecular weight is 435 g/mol. The maximum Gasteiger partial charge on any atom is 0.137 e. The van der Waals surface area contributed by atoms with Crippen LogP contribution in [-0.4, -0.2) is 29.7 Å². The molecule has 0 saturated carbocycles. The van der Waals surface area contributed by atoms with Gasteiger partial charge in [0.1, 0.15) is 29.9 Å². The Balaban J connectivity index is 1.52. The van der Waals surface area contributed by atoms with Crippen LogP contribution in [0, 0.1) is 17.6 Å². The lowest BCUT2D eigenvalue weighted by molar-refractivity contribution is -0.0379. The van der Waals surface area contributed by atoms with Gasteiger partial charge in [-0.2, -0.15) is 10.2 Å².